The average Bonchev–Trinajstić information content (AvgIpc) is 2.31. The number of nitrogens with zero attached hydrogens (tertiary/aromatic N) is 1. The third-order valence-electron chi connectivity index (χ3n) is 3.53. The summed E-state index contributed by atoms with van der Waals surface area (Å²) < 4.78 is 36.8. The Hall–Kier alpha value is 0.0200. The van der Waals surface area contributed by atoms with E-state index >= 15 is 0 Å². The van der Waals surface area contributed by atoms with Gasteiger partial charge < -0.3 is 10.4 Å². The first-order chi connectivity index (χ1) is 8.85. The summed E-state index contributed by atoms with van der Waals surface area (Å²) in [5.41, 5.74) is 0. The van der Waals surface area contributed by atoms with Crippen molar-refractivity contribution >= 4 is 11.8 Å². The lowest BCUT2D eigenvalue weighted by atomic mass is 10.0. The molecule has 3 nitrogen and oxygen atoms in total. The molecule has 0 radical (unpaired) electrons. The highest BCUT2D eigenvalue weighted by Crippen LogP contribution is 2.20. The fourth-order valence-corrected chi connectivity index (χ4v) is 3.06. The Labute approximate surface area is 116 Å². The quantitative estimate of drug-likeness (QED) is 0.783. The van der Waals surface area contributed by atoms with E-state index in [9.17, 15) is 18.3 Å². The molecule has 2 atom stereocenters. The summed E-state index contributed by atoms with van der Waals surface area (Å²) in [7, 11) is 0. The van der Waals surface area contributed by atoms with Crippen molar-refractivity contribution < 1.29 is 18.3 Å². The topological polar surface area (TPSA) is 35.5 Å². The normalized spacial score (nSPS) is 22.4. The molecule has 0 aromatic carbocycles. The van der Waals surface area contributed by atoms with E-state index < -0.39 is 12.7 Å². The molecule has 0 spiro atoms. The number of likely N-dealkylation sites (tertiary alicyclic amines) is 1. The van der Waals surface area contributed by atoms with Crippen LogP contribution in [0.15, 0.2) is 0 Å². The molecule has 1 aliphatic rings. The molecular weight excluding hydrogens is 277 g/mol. The number of rotatable bonds is 6. The summed E-state index contributed by atoms with van der Waals surface area (Å²) in [6.07, 6.45) is -0.695. The highest BCUT2D eigenvalue weighted by molar-refractivity contribution is 7.99. The van der Waals surface area contributed by atoms with E-state index in [0.29, 0.717) is 13.1 Å². The summed E-state index contributed by atoms with van der Waals surface area (Å²) in [4.78, 5) is 1.46. The zero-order valence-corrected chi connectivity index (χ0v) is 12.2. The van der Waals surface area contributed by atoms with Gasteiger partial charge in [-0.05, 0) is 39.1 Å². The van der Waals surface area contributed by atoms with Crippen molar-refractivity contribution in [2.75, 3.05) is 32.5 Å². The van der Waals surface area contributed by atoms with Gasteiger partial charge in [-0.1, -0.05) is 0 Å². The SMILES string of the molecule is CSC(CO)C(C)NC1CCN(CC(F)(F)F)CC1. The third kappa shape index (κ3) is 6.33. The van der Waals surface area contributed by atoms with Crippen LogP contribution in [0.25, 0.3) is 0 Å². The number of alkyl halides is 3. The zero-order chi connectivity index (χ0) is 14.5. The van der Waals surface area contributed by atoms with Gasteiger partial charge in [-0.2, -0.15) is 24.9 Å². The smallest absolute Gasteiger partial charge is 0.395 e. The number of hydrogen-bond donors (Lipinski definition) is 2. The molecule has 0 aromatic rings. The minimum absolute atomic E-state index is 0.113. The van der Waals surface area contributed by atoms with Crippen LogP contribution in [0.2, 0.25) is 0 Å². The molecule has 2 N–H and O–H groups in total. The van der Waals surface area contributed by atoms with E-state index in [1.54, 1.807) is 11.8 Å². The lowest BCUT2D eigenvalue weighted by Gasteiger charge is -2.35. The minimum Gasteiger partial charge on any atom is -0.395 e. The van der Waals surface area contributed by atoms with Crippen molar-refractivity contribution in [2.24, 2.45) is 0 Å². The van der Waals surface area contributed by atoms with Gasteiger partial charge in [-0.15, -0.1) is 0 Å². The first-order valence-electron chi connectivity index (χ1n) is 6.54. The Balaban J connectivity index is 2.30. The Morgan fingerprint density at radius 2 is 1.95 bits per heavy atom. The van der Waals surface area contributed by atoms with Crippen molar-refractivity contribution in [3.05, 3.63) is 0 Å². The van der Waals surface area contributed by atoms with E-state index in [2.05, 4.69) is 5.32 Å². The number of piperidine rings is 1. The second-order valence-electron chi connectivity index (χ2n) is 5.08. The lowest BCUT2D eigenvalue weighted by molar-refractivity contribution is -0.148. The summed E-state index contributed by atoms with van der Waals surface area (Å²) in [5.74, 6) is 0. The highest BCUT2D eigenvalue weighted by Gasteiger charge is 2.32. The minimum atomic E-state index is -4.10. The Morgan fingerprint density at radius 3 is 2.37 bits per heavy atom. The molecule has 1 rings (SSSR count). The molecule has 7 heteroatoms. The van der Waals surface area contributed by atoms with Gasteiger partial charge in [0.1, 0.15) is 0 Å². The number of thioether (sulfide) groups is 1. The van der Waals surface area contributed by atoms with Crippen LogP contribution in [0.1, 0.15) is 19.8 Å². The fraction of sp³-hybridized carbons (Fsp3) is 1.00. The van der Waals surface area contributed by atoms with Crippen molar-refractivity contribution in [1.29, 1.82) is 0 Å². The third-order valence-corrected chi connectivity index (χ3v) is 4.69. The first-order valence-corrected chi connectivity index (χ1v) is 7.83. The molecule has 114 valence electrons. The van der Waals surface area contributed by atoms with Crippen molar-refractivity contribution in [3.63, 3.8) is 0 Å². The molecule has 0 saturated carbocycles. The molecule has 1 saturated heterocycles. The Kier molecular flexibility index (Phi) is 6.93. The number of aliphatic hydroxyl groups excluding tert-OH is 1. The maximum atomic E-state index is 12.3. The highest BCUT2D eigenvalue weighted by atomic mass is 32.2. The molecule has 0 aliphatic carbocycles. The van der Waals surface area contributed by atoms with Gasteiger partial charge in [-0.25, -0.2) is 0 Å². The van der Waals surface area contributed by atoms with Crippen molar-refractivity contribution in [1.82, 2.24) is 10.2 Å². The molecule has 0 amide bonds. The molecule has 1 fully saturated rings. The molecule has 2 unspecified atom stereocenters. The van der Waals surface area contributed by atoms with Crippen LogP contribution in [-0.2, 0) is 0 Å². The van der Waals surface area contributed by atoms with Crippen LogP contribution in [-0.4, -0.2) is 66.0 Å². The van der Waals surface area contributed by atoms with E-state index in [-0.39, 0.29) is 23.9 Å². The van der Waals surface area contributed by atoms with Crippen LogP contribution in [0, 0.1) is 0 Å². The predicted molar refractivity (Wildman–Crippen MR) is 72.5 cm³/mol. The van der Waals surface area contributed by atoms with Crippen LogP contribution in [0.5, 0.6) is 0 Å². The molecule has 0 bridgehead atoms. The number of nitrogens with one attached hydrogen (secondary N) is 1. The summed E-state index contributed by atoms with van der Waals surface area (Å²) in [6, 6.07) is 0.417. The molecule has 19 heavy (non-hydrogen) atoms. The fourth-order valence-electron chi connectivity index (χ4n) is 2.43. The molecule has 1 aliphatic heterocycles. The summed E-state index contributed by atoms with van der Waals surface area (Å²) in [6.45, 7) is 2.28. The van der Waals surface area contributed by atoms with Gasteiger partial charge in [0.05, 0.1) is 13.2 Å². The van der Waals surface area contributed by atoms with Gasteiger partial charge in [0.15, 0.2) is 0 Å². The largest absolute Gasteiger partial charge is 0.401 e. The monoisotopic (exact) mass is 300 g/mol. The predicted octanol–water partition coefficient (Wildman–Crippen LogP) is 1.72. The van der Waals surface area contributed by atoms with Gasteiger partial charge >= 0.3 is 6.18 Å². The summed E-state index contributed by atoms with van der Waals surface area (Å²) in [5, 5.41) is 12.7. The van der Waals surface area contributed by atoms with E-state index in [1.165, 1.54) is 4.90 Å². The van der Waals surface area contributed by atoms with E-state index in [1.807, 2.05) is 13.2 Å². The zero-order valence-electron chi connectivity index (χ0n) is 11.4. The van der Waals surface area contributed by atoms with E-state index in [4.69, 9.17) is 0 Å². The summed E-state index contributed by atoms with van der Waals surface area (Å²) >= 11 is 1.60. The van der Waals surface area contributed by atoms with Gasteiger partial charge in [0.2, 0.25) is 0 Å². The Bertz CT molecular complexity index is 254. The van der Waals surface area contributed by atoms with Crippen LogP contribution >= 0.6 is 11.8 Å². The van der Waals surface area contributed by atoms with Gasteiger partial charge in [0.25, 0.3) is 0 Å². The number of hydrogen-bond acceptors (Lipinski definition) is 4. The lowest BCUT2D eigenvalue weighted by Crippen LogP contribution is -2.50. The van der Waals surface area contributed by atoms with Crippen LogP contribution in [0.4, 0.5) is 13.2 Å². The maximum absolute atomic E-state index is 12.3. The second kappa shape index (κ2) is 7.71. The van der Waals surface area contributed by atoms with Crippen molar-refractivity contribution in [3.8, 4) is 0 Å². The van der Waals surface area contributed by atoms with Crippen LogP contribution < -0.4 is 5.32 Å². The molecule has 1 heterocycles. The number of aliphatic hydroxyl groups is 1. The van der Waals surface area contributed by atoms with Gasteiger partial charge in [0, 0.05) is 17.3 Å². The van der Waals surface area contributed by atoms with Crippen molar-refractivity contribution in [2.45, 2.75) is 43.3 Å². The van der Waals surface area contributed by atoms with E-state index in [0.717, 1.165) is 12.8 Å². The maximum Gasteiger partial charge on any atom is 0.401 e. The van der Waals surface area contributed by atoms with Gasteiger partial charge in [-0.3, -0.25) is 4.90 Å². The molecular formula is C12H23F3N2OS. The average molecular weight is 300 g/mol. The second-order valence-corrected chi connectivity index (χ2v) is 6.15. The standard InChI is InChI=1S/C12H23F3N2OS/c1-9(11(7-18)19-2)16-10-3-5-17(6-4-10)8-12(13,14)15/h9-11,16,18H,3-8H2,1-2H3. The number of halogens is 3. The Morgan fingerprint density at radius 1 is 1.37 bits per heavy atom. The molecule has 0 aromatic heterocycles. The van der Waals surface area contributed by atoms with Crippen LogP contribution in [0.3, 0.4) is 0 Å². The first kappa shape index (κ1) is 17.1.